The Bertz CT molecular complexity index is 595. The number of Topliss-reactive ketones (excluding diaryl/α,β-unsaturated/α-hetero) is 1. The molecule has 0 saturated heterocycles. The number of aryl methyl sites for hydroxylation is 1. The molecule has 6 heteroatoms. The van der Waals surface area contributed by atoms with Gasteiger partial charge in [0.1, 0.15) is 6.61 Å². The lowest BCUT2D eigenvalue weighted by molar-refractivity contribution is 0.102. The van der Waals surface area contributed by atoms with Crippen LogP contribution in [0.3, 0.4) is 0 Å². The third-order valence-electron chi connectivity index (χ3n) is 2.84. The second-order valence-electron chi connectivity index (χ2n) is 4.14. The molecule has 0 aliphatic heterocycles. The molecule has 100 valence electrons. The van der Waals surface area contributed by atoms with Crippen LogP contribution in [0, 0.1) is 6.92 Å². The highest BCUT2D eigenvalue weighted by Gasteiger charge is 2.13. The lowest BCUT2D eigenvalue weighted by atomic mass is 10.1. The van der Waals surface area contributed by atoms with Crippen molar-refractivity contribution in [3.8, 4) is 0 Å². The van der Waals surface area contributed by atoms with Gasteiger partial charge in [0.2, 0.25) is 0 Å². The summed E-state index contributed by atoms with van der Waals surface area (Å²) in [7, 11) is 1.77. The Labute approximate surface area is 115 Å². The molecule has 1 N–H and O–H groups in total. The first-order valence-electron chi connectivity index (χ1n) is 5.84. The molecule has 0 aliphatic rings. The number of carbonyl (C=O) groups excluding carboxylic acids is 1. The summed E-state index contributed by atoms with van der Waals surface area (Å²) in [6.45, 7) is 1.76. The van der Waals surface area contributed by atoms with Gasteiger partial charge in [0.05, 0.1) is 5.75 Å². The molecule has 0 saturated carbocycles. The van der Waals surface area contributed by atoms with Crippen LogP contribution in [0.4, 0.5) is 0 Å². The summed E-state index contributed by atoms with van der Waals surface area (Å²) in [5, 5.41) is 17.4. The smallest absolute Gasteiger partial charge is 0.191 e. The quantitative estimate of drug-likeness (QED) is 0.664. The van der Waals surface area contributed by atoms with Gasteiger partial charge in [-0.05, 0) is 12.5 Å². The Hall–Kier alpha value is -1.66. The molecule has 0 bridgehead atoms. The van der Waals surface area contributed by atoms with Crippen molar-refractivity contribution < 1.29 is 9.90 Å². The summed E-state index contributed by atoms with van der Waals surface area (Å²) in [5.74, 6) is 0.866. The van der Waals surface area contributed by atoms with Crippen LogP contribution in [-0.4, -0.2) is 31.4 Å². The van der Waals surface area contributed by atoms with Crippen molar-refractivity contribution in [2.24, 2.45) is 7.05 Å². The monoisotopic (exact) mass is 277 g/mol. The second kappa shape index (κ2) is 5.99. The Morgan fingerprint density at radius 2 is 2.11 bits per heavy atom. The maximum Gasteiger partial charge on any atom is 0.191 e. The van der Waals surface area contributed by atoms with Gasteiger partial charge in [-0.25, -0.2) is 0 Å². The molecule has 0 radical (unpaired) electrons. The van der Waals surface area contributed by atoms with Gasteiger partial charge in [0, 0.05) is 12.6 Å². The highest BCUT2D eigenvalue weighted by Crippen LogP contribution is 2.18. The summed E-state index contributed by atoms with van der Waals surface area (Å²) in [4.78, 5) is 12.1. The molecule has 2 aromatic rings. The van der Waals surface area contributed by atoms with E-state index in [4.69, 9.17) is 5.11 Å². The number of ketones is 1. The van der Waals surface area contributed by atoms with E-state index < -0.39 is 0 Å². The van der Waals surface area contributed by atoms with Crippen LogP contribution in [0.5, 0.6) is 0 Å². The van der Waals surface area contributed by atoms with Crippen molar-refractivity contribution in [1.82, 2.24) is 14.8 Å². The molecular formula is C13H15N3O2S. The van der Waals surface area contributed by atoms with Gasteiger partial charge in [0.15, 0.2) is 16.8 Å². The zero-order valence-electron chi connectivity index (χ0n) is 10.8. The van der Waals surface area contributed by atoms with Gasteiger partial charge < -0.3 is 9.67 Å². The predicted octanol–water partition coefficient (Wildman–Crippen LogP) is 1.59. The number of aliphatic hydroxyl groups excluding tert-OH is 1. The highest BCUT2D eigenvalue weighted by atomic mass is 32.2. The van der Waals surface area contributed by atoms with Gasteiger partial charge in [-0.3, -0.25) is 4.79 Å². The first kappa shape index (κ1) is 13.8. The SMILES string of the molecule is Cc1ccccc1C(=O)CSc1nnc(CO)n1C. The Morgan fingerprint density at radius 1 is 1.37 bits per heavy atom. The molecule has 0 fully saturated rings. The first-order chi connectivity index (χ1) is 9.13. The van der Waals surface area contributed by atoms with E-state index >= 15 is 0 Å². The van der Waals surface area contributed by atoms with Gasteiger partial charge in [-0.2, -0.15) is 0 Å². The molecule has 0 atom stereocenters. The maximum absolute atomic E-state index is 12.1. The van der Waals surface area contributed by atoms with Crippen molar-refractivity contribution in [1.29, 1.82) is 0 Å². The van der Waals surface area contributed by atoms with Crippen LogP contribution in [0.25, 0.3) is 0 Å². The van der Waals surface area contributed by atoms with E-state index in [9.17, 15) is 4.79 Å². The fraction of sp³-hybridized carbons (Fsp3) is 0.308. The van der Waals surface area contributed by atoms with E-state index in [0.29, 0.717) is 16.7 Å². The summed E-state index contributed by atoms with van der Waals surface area (Å²) in [6.07, 6.45) is 0. The largest absolute Gasteiger partial charge is 0.388 e. The standard InChI is InChI=1S/C13H15N3O2S/c1-9-5-3-4-6-10(9)11(18)8-19-13-15-14-12(7-17)16(13)2/h3-6,17H,7-8H2,1-2H3. The average Bonchev–Trinajstić information content (AvgIpc) is 2.77. The van der Waals surface area contributed by atoms with Crippen molar-refractivity contribution in [3.05, 3.63) is 41.2 Å². The summed E-state index contributed by atoms with van der Waals surface area (Å²) in [5.41, 5.74) is 1.71. The summed E-state index contributed by atoms with van der Waals surface area (Å²) < 4.78 is 1.69. The molecule has 1 aromatic heterocycles. The fourth-order valence-electron chi connectivity index (χ4n) is 1.70. The van der Waals surface area contributed by atoms with Crippen molar-refractivity contribution in [2.75, 3.05) is 5.75 Å². The van der Waals surface area contributed by atoms with E-state index in [1.165, 1.54) is 11.8 Å². The third kappa shape index (κ3) is 3.02. The number of benzene rings is 1. The van der Waals surface area contributed by atoms with Gasteiger partial charge in [-0.15, -0.1) is 10.2 Å². The summed E-state index contributed by atoms with van der Waals surface area (Å²) >= 11 is 1.32. The zero-order chi connectivity index (χ0) is 13.8. The van der Waals surface area contributed by atoms with E-state index in [2.05, 4.69) is 10.2 Å². The number of aliphatic hydroxyl groups is 1. The molecule has 0 aliphatic carbocycles. The minimum absolute atomic E-state index is 0.0663. The highest BCUT2D eigenvalue weighted by molar-refractivity contribution is 7.99. The average molecular weight is 277 g/mol. The van der Waals surface area contributed by atoms with E-state index in [-0.39, 0.29) is 12.4 Å². The molecule has 1 aromatic carbocycles. The topological polar surface area (TPSA) is 68.0 Å². The number of carbonyl (C=O) groups is 1. The molecule has 5 nitrogen and oxygen atoms in total. The Balaban J connectivity index is 2.05. The number of aromatic nitrogens is 3. The normalized spacial score (nSPS) is 10.7. The number of nitrogens with zero attached hydrogens (tertiary/aromatic N) is 3. The minimum Gasteiger partial charge on any atom is -0.388 e. The zero-order valence-corrected chi connectivity index (χ0v) is 11.6. The van der Waals surface area contributed by atoms with Crippen molar-refractivity contribution >= 4 is 17.5 Å². The van der Waals surface area contributed by atoms with Crippen molar-refractivity contribution in [3.63, 3.8) is 0 Å². The number of thioether (sulfide) groups is 1. The molecule has 0 spiro atoms. The maximum atomic E-state index is 12.1. The first-order valence-corrected chi connectivity index (χ1v) is 6.82. The van der Waals surface area contributed by atoms with E-state index in [1.807, 2.05) is 31.2 Å². The van der Waals surface area contributed by atoms with E-state index in [0.717, 1.165) is 11.1 Å². The molecule has 1 heterocycles. The summed E-state index contributed by atoms with van der Waals surface area (Å²) in [6, 6.07) is 7.52. The van der Waals surface area contributed by atoms with Gasteiger partial charge in [0.25, 0.3) is 0 Å². The predicted molar refractivity (Wildman–Crippen MR) is 73.2 cm³/mol. The minimum atomic E-state index is -0.157. The van der Waals surface area contributed by atoms with Crippen LogP contribution < -0.4 is 0 Å². The number of rotatable bonds is 5. The lowest BCUT2D eigenvalue weighted by Gasteiger charge is -2.04. The number of hydrogen-bond donors (Lipinski definition) is 1. The molecule has 2 rings (SSSR count). The second-order valence-corrected chi connectivity index (χ2v) is 5.09. The van der Waals surface area contributed by atoms with Gasteiger partial charge in [-0.1, -0.05) is 36.0 Å². The van der Waals surface area contributed by atoms with Crippen LogP contribution in [0.2, 0.25) is 0 Å². The Kier molecular flexibility index (Phi) is 4.34. The van der Waals surface area contributed by atoms with Crippen LogP contribution in [0.15, 0.2) is 29.4 Å². The van der Waals surface area contributed by atoms with Crippen molar-refractivity contribution in [2.45, 2.75) is 18.7 Å². The van der Waals surface area contributed by atoms with Crippen LogP contribution in [-0.2, 0) is 13.7 Å². The van der Waals surface area contributed by atoms with Crippen LogP contribution in [0.1, 0.15) is 21.7 Å². The molecule has 19 heavy (non-hydrogen) atoms. The fourth-order valence-corrected chi connectivity index (χ4v) is 2.52. The Morgan fingerprint density at radius 3 is 2.74 bits per heavy atom. The lowest BCUT2D eigenvalue weighted by Crippen LogP contribution is -2.06. The van der Waals surface area contributed by atoms with E-state index in [1.54, 1.807) is 11.6 Å². The number of hydrogen-bond acceptors (Lipinski definition) is 5. The van der Waals surface area contributed by atoms with Crippen LogP contribution >= 0.6 is 11.8 Å². The molecular weight excluding hydrogens is 262 g/mol. The third-order valence-corrected chi connectivity index (χ3v) is 3.86. The molecule has 0 amide bonds. The molecule has 0 unspecified atom stereocenters. The van der Waals surface area contributed by atoms with Gasteiger partial charge >= 0.3 is 0 Å².